The second-order valence-corrected chi connectivity index (χ2v) is 6.32. The maximum Gasteiger partial charge on any atom is 0.234 e. The number of rotatable bonds is 2. The molecule has 1 saturated heterocycles. The van der Waals surface area contributed by atoms with Crippen molar-refractivity contribution in [3.8, 4) is 0 Å². The van der Waals surface area contributed by atoms with Crippen LogP contribution in [0.5, 0.6) is 0 Å². The Kier molecular flexibility index (Phi) is 3.09. The van der Waals surface area contributed by atoms with Crippen molar-refractivity contribution in [2.24, 2.45) is 11.3 Å². The average molecular weight is 258 g/mol. The summed E-state index contributed by atoms with van der Waals surface area (Å²) in [6.07, 6.45) is 1.86. The van der Waals surface area contributed by atoms with Crippen LogP contribution in [-0.2, 0) is 11.2 Å². The van der Waals surface area contributed by atoms with E-state index in [4.69, 9.17) is 0 Å². The van der Waals surface area contributed by atoms with Gasteiger partial charge in [-0.2, -0.15) is 0 Å². The zero-order valence-electron chi connectivity index (χ0n) is 11.8. The van der Waals surface area contributed by atoms with Gasteiger partial charge >= 0.3 is 0 Å². The van der Waals surface area contributed by atoms with E-state index < -0.39 is 0 Å². The molecule has 1 aromatic carbocycles. The van der Waals surface area contributed by atoms with Crippen LogP contribution in [0.2, 0.25) is 0 Å². The molecule has 1 aromatic rings. The lowest BCUT2D eigenvalue weighted by Gasteiger charge is -2.41. The molecule has 3 rings (SSSR count). The number of hydrogen-bond acceptors (Lipinski definition) is 2. The fraction of sp³-hybridized carbons (Fsp3) is 0.562. The topological polar surface area (TPSA) is 32.3 Å². The van der Waals surface area contributed by atoms with Crippen LogP contribution in [0.3, 0.4) is 0 Å². The summed E-state index contributed by atoms with van der Waals surface area (Å²) >= 11 is 0. The van der Waals surface area contributed by atoms with Gasteiger partial charge in [-0.25, -0.2) is 0 Å². The predicted molar refractivity (Wildman–Crippen MR) is 77.3 cm³/mol. The Bertz CT molecular complexity index is 489. The Labute approximate surface area is 115 Å². The highest BCUT2D eigenvalue weighted by Crippen LogP contribution is 2.41. The van der Waals surface area contributed by atoms with Crippen LogP contribution >= 0.6 is 0 Å². The maximum absolute atomic E-state index is 12.9. The van der Waals surface area contributed by atoms with Crippen LogP contribution in [0.1, 0.15) is 25.8 Å². The van der Waals surface area contributed by atoms with Gasteiger partial charge in [0.2, 0.25) is 5.91 Å². The lowest BCUT2D eigenvalue weighted by Crippen LogP contribution is -2.51. The molecular formula is C16H22N2O. The monoisotopic (exact) mass is 258 g/mol. The van der Waals surface area contributed by atoms with Gasteiger partial charge in [-0.05, 0) is 36.9 Å². The number of para-hydroxylation sites is 1. The largest absolute Gasteiger partial charge is 0.316 e. The van der Waals surface area contributed by atoms with Gasteiger partial charge in [0.1, 0.15) is 0 Å². The molecule has 19 heavy (non-hydrogen) atoms. The van der Waals surface area contributed by atoms with Crippen molar-refractivity contribution < 1.29 is 4.79 Å². The highest BCUT2D eigenvalue weighted by molar-refractivity contribution is 6.01. The van der Waals surface area contributed by atoms with Crippen LogP contribution in [-0.4, -0.2) is 25.5 Å². The van der Waals surface area contributed by atoms with Crippen molar-refractivity contribution in [2.75, 3.05) is 24.5 Å². The van der Waals surface area contributed by atoms with E-state index in [1.807, 2.05) is 11.0 Å². The third-order valence-corrected chi connectivity index (χ3v) is 4.30. The van der Waals surface area contributed by atoms with Gasteiger partial charge in [0, 0.05) is 18.8 Å². The average Bonchev–Trinajstić information content (AvgIpc) is 2.84. The van der Waals surface area contributed by atoms with E-state index in [9.17, 15) is 4.79 Å². The molecule has 0 bridgehead atoms. The van der Waals surface area contributed by atoms with E-state index in [1.165, 1.54) is 5.56 Å². The smallest absolute Gasteiger partial charge is 0.234 e. The molecule has 0 aromatic heterocycles. The van der Waals surface area contributed by atoms with Crippen LogP contribution in [0, 0.1) is 11.3 Å². The van der Waals surface area contributed by atoms with Gasteiger partial charge in [-0.15, -0.1) is 0 Å². The molecule has 102 valence electrons. The van der Waals surface area contributed by atoms with Crippen molar-refractivity contribution in [1.29, 1.82) is 0 Å². The molecule has 1 N–H and O–H groups in total. The Morgan fingerprint density at radius 3 is 2.84 bits per heavy atom. The molecule has 3 nitrogen and oxygen atoms in total. The first-order chi connectivity index (χ1) is 9.12. The first-order valence-electron chi connectivity index (χ1n) is 7.23. The molecule has 1 amide bonds. The van der Waals surface area contributed by atoms with Gasteiger partial charge in [-0.1, -0.05) is 32.0 Å². The molecule has 2 aliphatic heterocycles. The highest BCUT2D eigenvalue weighted by atomic mass is 16.2. The molecular weight excluding hydrogens is 236 g/mol. The zero-order valence-corrected chi connectivity index (χ0v) is 11.8. The number of nitrogens with zero attached hydrogens (tertiary/aromatic N) is 1. The summed E-state index contributed by atoms with van der Waals surface area (Å²) in [5, 5.41) is 3.37. The van der Waals surface area contributed by atoms with E-state index in [-0.39, 0.29) is 5.41 Å². The summed E-state index contributed by atoms with van der Waals surface area (Å²) in [6.45, 7) is 6.95. The lowest BCUT2D eigenvalue weighted by atomic mass is 9.76. The Balaban J connectivity index is 2.03. The zero-order chi connectivity index (χ0) is 13.5. The normalized spacial score (nSPS) is 26.3. The van der Waals surface area contributed by atoms with Crippen LogP contribution in [0.25, 0.3) is 0 Å². The minimum atomic E-state index is -0.191. The molecule has 2 aliphatic rings. The van der Waals surface area contributed by atoms with Crippen LogP contribution in [0.15, 0.2) is 24.3 Å². The number of nitrogens with one attached hydrogen (secondary N) is 1. The Morgan fingerprint density at radius 2 is 2.16 bits per heavy atom. The lowest BCUT2D eigenvalue weighted by molar-refractivity contribution is -0.128. The summed E-state index contributed by atoms with van der Waals surface area (Å²) in [5.74, 6) is 0.811. The van der Waals surface area contributed by atoms with Crippen molar-refractivity contribution >= 4 is 11.6 Å². The van der Waals surface area contributed by atoms with E-state index in [2.05, 4.69) is 37.4 Å². The number of hydrogen-bond donors (Lipinski definition) is 1. The number of amides is 1. The van der Waals surface area contributed by atoms with Gasteiger partial charge < -0.3 is 10.2 Å². The van der Waals surface area contributed by atoms with Crippen molar-refractivity contribution in [1.82, 2.24) is 5.32 Å². The molecule has 0 unspecified atom stereocenters. The quantitative estimate of drug-likeness (QED) is 0.882. The number of carbonyl (C=O) groups is 1. The number of anilines is 1. The molecule has 0 aliphatic carbocycles. The van der Waals surface area contributed by atoms with Gasteiger partial charge in [0.25, 0.3) is 0 Å². The Morgan fingerprint density at radius 1 is 1.37 bits per heavy atom. The fourth-order valence-electron chi connectivity index (χ4n) is 3.38. The van der Waals surface area contributed by atoms with Gasteiger partial charge in [-0.3, -0.25) is 4.79 Å². The van der Waals surface area contributed by atoms with Crippen molar-refractivity contribution in [2.45, 2.75) is 26.7 Å². The third kappa shape index (κ3) is 2.06. The van der Waals surface area contributed by atoms with Crippen molar-refractivity contribution in [3.05, 3.63) is 29.8 Å². The number of carbonyl (C=O) groups excluding carboxylic acids is 1. The second kappa shape index (κ2) is 4.64. The minimum absolute atomic E-state index is 0.191. The maximum atomic E-state index is 12.9. The van der Waals surface area contributed by atoms with Crippen LogP contribution < -0.4 is 10.2 Å². The SMILES string of the molecule is CC(C)CN1C(=O)[C@]2(CCNC2)Cc2ccccc21. The van der Waals surface area contributed by atoms with E-state index in [0.29, 0.717) is 11.8 Å². The molecule has 3 heteroatoms. The summed E-state index contributed by atoms with van der Waals surface area (Å²) < 4.78 is 0. The summed E-state index contributed by atoms with van der Waals surface area (Å²) in [5.41, 5.74) is 2.26. The third-order valence-electron chi connectivity index (χ3n) is 4.30. The number of fused-ring (bicyclic) bond motifs is 1. The molecule has 0 radical (unpaired) electrons. The first kappa shape index (κ1) is 12.7. The minimum Gasteiger partial charge on any atom is -0.316 e. The molecule has 0 saturated carbocycles. The first-order valence-corrected chi connectivity index (χ1v) is 7.23. The summed E-state index contributed by atoms with van der Waals surface area (Å²) in [7, 11) is 0. The molecule has 2 heterocycles. The number of benzene rings is 1. The van der Waals surface area contributed by atoms with E-state index in [1.54, 1.807) is 0 Å². The highest BCUT2D eigenvalue weighted by Gasteiger charge is 2.47. The van der Waals surface area contributed by atoms with E-state index >= 15 is 0 Å². The second-order valence-electron chi connectivity index (χ2n) is 6.32. The summed E-state index contributed by atoms with van der Waals surface area (Å²) in [4.78, 5) is 15.0. The van der Waals surface area contributed by atoms with Crippen LogP contribution in [0.4, 0.5) is 5.69 Å². The predicted octanol–water partition coefficient (Wildman–Crippen LogP) is 2.21. The Hall–Kier alpha value is -1.35. The standard InChI is InChI=1S/C16H22N2O/c1-12(2)10-18-14-6-4-3-5-13(14)9-16(15(18)19)7-8-17-11-16/h3-6,12,17H,7-11H2,1-2H3/t16-/m1/s1. The van der Waals surface area contributed by atoms with Crippen molar-refractivity contribution in [3.63, 3.8) is 0 Å². The fourth-order valence-corrected chi connectivity index (χ4v) is 3.38. The summed E-state index contributed by atoms with van der Waals surface area (Å²) in [6, 6.07) is 8.38. The molecule has 1 fully saturated rings. The van der Waals surface area contributed by atoms with E-state index in [0.717, 1.165) is 38.2 Å². The molecule has 1 spiro atoms. The van der Waals surface area contributed by atoms with Gasteiger partial charge in [0.05, 0.1) is 5.41 Å². The molecule has 1 atom stereocenters. The van der Waals surface area contributed by atoms with Gasteiger partial charge in [0.15, 0.2) is 0 Å².